The Bertz CT molecular complexity index is 3590. The number of hydrogen-bond acceptors (Lipinski definition) is 3. The number of amidine groups is 2. The van der Waals surface area contributed by atoms with Gasteiger partial charge in [0.1, 0.15) is 12.0 Å². The summed E-state index contributed by atoms with van der Waals surface area (Å²) in [5, 5.41) is 11.3. The van der Waals surface area contributed by atoms with Crippen LogP contribution in [0, 0.1) is 0 Å². The summed E-state index contributed by atoms with van der Waals surface area (Å²) in [4.78, 5) is 10.2. The molecule has 0 radical (unpaired) electrons. The number of benzene rings is 9. The number of nitrogens with zero attached hydrogens (tertiary/aromatic N) is 4. The number of rotatable bonds is 5. The molecule has 280 valence electrons. The second-order valence-corrected chi connectivity index (χ2v) is 15.8. The number of aliphatic imine (C=N–C) groups is 2. The van der Waals surface area contributed by atoms with Gasteiger partial charge in [0.05, 0.1) is 22.1 Å². The average molecular weight is 766 g/mol. The zero-order chi connectivity index (χ0) is 39.3. The summed E-state index contributed by atoms with van der Waals surface area (Å²) >= 11 is 0. The molecule has 0 bridgehead atoms. The Kier molecular flexibility index (Phi) is 7.01. The monoisotopic (exact) mass is 765 g/mol. The highest BCUT2D eigenvalue weighted by molar-refractivity contribution is 6.34. The van der Waals surface area contributed by atoms with Crippen LogP contribution in [-0.2, 0) is 0 Å². The second kappa shape index (κ2) is 12.7. The van der Waals surface area contributed by atoms with Gasteiger partial charge in [0.2, 0.25) is 0 Å². The molecule has 1 unspecified atom stereocenters. The molecule has 9 aromatic carbocycles. The molecular weight excluding hydrogens is 731 g/mol. The highest BCUT2D eigenvalue weighted by Crippen LogP contribution is 2.53. The summed E-state index contributed by atoms with van der Waals surface area (Å²) in [6.45, 7) is 0. The maximum atomic E-state index is 5.17. The molecule has 0 spiro atoms. The molecule has 5 heteroatoms. The van der Waals surface area contributed by atoms with Gasteiger partial charge in [0.15, 0.2) is 5.84 Å². The van der Waals surface area contributed by atoms with Gasteiger partial charge in [-0.05, 0) is 75.5 Å². The SMILES string of the molecule is c1ccc(C2=NC(c3ccc(-n4c5cccc6c5c5c(c7c8ccccc8n(-c8ccccc8)c7cc54)-c4cccc5cccc-6c45)cc3)NC(c3ccccc3)=N2)cc1. The van der Waals surface area contributed by atoms with Crippen molar-refractivity contribution in [2.24, 2.45) is 9.98 Å². The van der Waals surface area contributed by atoms with Crippen molar-refractivity contribution in [2.75, 3.05) is 0 Å². The molecule has 13 rings (SSSR count). The van der Waals surface area contributed by atoms with E-state index in [-0.39, 0.29) is 6.17 Å². The Labute approximate surface area is 345 Å². The quantitative estimate of drug-likeness (QED) is 0.186. The molecule has 2 aliphatic rings. The fraction of sp³-hybridized carbons (Fsp3) is 0.0182. The van der Waals surface area contributed by atoms with E-state index in [4.69, 9.17) is 9.98 Å². The fourth-order valence-electron chi connectivity index (χ4n) is 9.95. The van der Waals surface area contributed by atoms with Gasteiger partial charge >= 0.3 is 0 Å². The van der Waals surface area contributed by atoms with E-state index < -0.39 is 0 Å². The van der Waals surface area contributed by atoms with Crippen molar-refractivity contribution in [1.82, 2.24) is 14.5 Å². The highest BCUT2D eigenvalue weighted by atomic mass is 15.2. The molecule has 3 heterocycles. The Morgan fingerprint density at radius 1 is 0.417 bits per heavy atom. The summed E-state index contributed by atoms with van der Waals surface area (Å²) in [6, 6.07) is 72.1. The topological polar surface area (TPSA) is 46.6 Å². The van der Waals surface area contributed by atoms with Crippen molar-refractivity contribution in [3.8, 4) is 33.6 Å². The zero-order valence-corrected chi connectivity index (χ0v) is 32.4. The molecule has 1 atom stereocenters. The fourth-order valence-corrected chi connectivity index (χ4v) is 9.95. The molecular formula is C55H35N5. The summed E-state index contributed by atoms with van der Waals surface area (Å²) in [7, 11) is 0. The summed E-state index contributed by atoms with van der Waals surface area (Å²) in [5.74, 6) is 1.52. The molecule has 60 heavy (non-hydrogen) atoms. The number of hydrogen-bond donors (Lipinski definition) is 1. The van der Waals surface area contributed by atoms with Crippen molar-refractivity contribution < 1.29 is 0 Å². The van der Waals surface area contributed by atoms with Crippen LogP contribution in [0.3, 0.4) is 0 Å². The zero-order valence-electron chi connectivity index (χ0n) is 32.4. The van der Waals surface area contributed by atoms with E-state index in [9.17, 15) is 0 Å². The highest BCUT2D eigenvalue weighted by Gasteiger charge is 2.29. The van der Waals surface area contributed by atoms with E-state index in [1.54, 1.807) is 0 Å². The predicted octanol–water partition coefficient (Wildman–Crippen LogP) is 13.2. The lowest BCUT2D eigenvalue weighted by Gasteiger charge is -2.24. The largest absolute Gasteiger partial charge is 0.344 e. The van der Waals surface area contributed by atoms with Crippen LogP contribution in [0.4, 0.5) is 0 Å². The van der Waals surface area contributed by atoms with Crippen LogP contribution in [0.25, 0.3) is 88.0 Å². The van der Waals surface area contributed by atoms with E-state index >= 15 is 0 Å². The Balaban J connectivity index is 1.08. The maximum absolute atomic E-state index is 5.17. The molecule has 11 aromatic rings. The lowest BCUT2D eigenvalue weighted by Crippen LogP contribution is -2.33. The minimum Gasteiger partial charge on any atom is -0.344 e. The number of para-hydroxylation sites is 2. The molecule has 2 aromatic heterocycles. The molecule has 0 fully saturated rings. The van der Waals surface area contributed by atoms with Crippen LogP contribution in [0.1, 0.15) is 22.9 Å². The first-order chi connectivity index (χ1) is 29.8. The van der Waals surface area contributed by atoms with Gasteiger partial charge in [-0.1, -0.05) is 158 Å². The van der Waals surface area contributed by atoms with Crippen LogP contribution in [0.2, 0.25) is 0 Å². The second-order valence-electron chi connectivity index (χ2n) is 15.8. The van der Waals surface area contributed by atoms with Crippen LogP contribution in [0.15, 0.2) is 210 Å². The van der Waals surface area contributed by atoms with Crippen LogP contribution < -0.4 is 5.32 Å². The van der Waals surface area contributed by atoms with E-state index in [0.29, 0.717) is 5.84 Å². The van der Waals surface area contributed by atoms with Crippen molar-refractivity contribution in [1.29, 1.82) is 0 Å². The summed E-state index contributed by atoms with van der Waals surface area (Å²) < 4.78 is 4.93. The van der Waals surface area contributed by atoms with Gasteiger partial charge in [0.25, 0.3) is 0 Å². The molecule has 5 nitrogen and oxygen atoms in total. The van der Waals surface area contributed by atoms with E-state index in [0.717, 1.165) is 33.9 Å². The summed E-state index contributed by atoms with van der Waals surface area (Å²) in [6.07, 6.45) is -0.317. The third-order valence-corrected chi connectivity index (χ3v) is 12.5. The van der Waals surface area contributed by atoms with Gasteiger partial charge in [-0.2, -0.15) is 0 Å². The van der Waals surface area contributed by atoms with E-state index in [1.807, 2.05) is 36.4 Å². The lowest BCUT2D eigenvalue weighted by molar-refractivity contribution is 0.674. The minimum absolute atomic E-state index is 0.317. The molecule has 1 aliphatic heterocycles. The van der Waals surface area contributed by atoms with Crippen molar-refractivity contribution in [3.05, 3.63) is 217 Å². The molecule has 0 amide bonds. The van der Waals surface area contributed by atoms with Gasteiger partial charge in [0, 0.05) is 49.6 Å². The number of aromatic nitrogens is 2. The third-order valence-electron chi connectivity index (χ3n) is 12.5. The Morgan fingerprint density at radius 3 is 1.77 bits per heavy atom. The predicted molar refractivity (Wildman–Crippen MR) is 249 cm³/mol. The molecule has 1 aliphatic carbocycles. The van der Waals surface area contributed by atoms with Crippen molar-refractivity contribution >= 4 is 66.1 Å². The molecule has 0 saturated carbocycles. The summed E-state index contributed by atoms with van der Waals surface area (Å²) in [5.41, 5.74) is 15.1. The maximum Gasteiger partial charge on any atom is 0.159 e. The van der Waals surface area contributed by atoms with Crippen molar-refractivity contribution in [3.63, 3.8) is 0 Å². The first-order valence-electron chi connectivity index (χ1n) is 20.5. The van der Waals surface area contributed by atoms with Gasteiger partial charge < -0.3 is 14.5 Å². The van der Waals surface area contributed by atoms with Crippen molar-refractivity contribution in [2.45, 2.75) is 6.17 Å². The Morgan fingerprint density at radius 2 is 1.00 bits per heavy atom. The first-order valence-corrected chi connectivity index (χ1v) is 20.5. The van der Waals surface area contributed by atoms with Crippen LogP contribution >= 0.6 is 0 Å². The lowest BCUT2D eigenvalue weighted by atomic mass is 9.91. The minimum atomic E-state index is -0.317. The van der Waals surface area contributed by atoms with Crippen LogP contribution in [-0.4, -0.2) is 20.8 Å². The van der Waals surface area contributed by atoms with E-state index in [2.05, 4.69) is 178 Å². The third kappa shape index (κ3) is 4.74. The number of nitrogens with one attached hydrogen (secondary N) is 1. The van der Waals surface area contributed by atoms with Gasteiger partial charge in [-0.25, -0.2) is 9.98 Å². The Hall–Kier alpha value is -8.02. The molecule has 0 saturated heterocycles. The average Bonchev–Trinajstić information content (AvgIpc) is 3.79. The normalized spacial score (nSPS) is 14.5. The standard InChI is InChI=1S/C55H35N5/c1-4-15-35(16-5-1)53-56-54(36-17-6-2-7-18-36)58-55(57-53)37-29-31-39(32-30-37)60-45-28-14-25-41-40-24-12-19-34-20-13-26-43(48(34)40)51-50-42-23-10-11-27-44(42)59(38-21-8-3-9-22-38)46(50)33-47(60)52(51)49(41)45/h1-33,55H,(H,56,57,58). The number of fused-ring (bicyclic) bond motifs is 6. The van der Waals surface area contributed by atoms with Gasteiger partial charge in [-0.3, -0.25) is 0 Å². The van der Waals surface area contributed by atoms with E-state index in [1.165, 1.54) is 76.6 Å². The van der Waals surface area contributed by atoms with Crippen LogP contribution in [0.5, 0.6) is 0 Å². The van der Waals surface area contributed by atoms with Gasteiger partial charge in [-0.15, -0.1) is 0 Å². The smallest absolute Gasteiger partial charge is 0.159 e. The first kappa shape index (κ1) is 33.0. The molecule has 1 N–H and O–H groups in total.